The Hall–Kier alpha value is -1.59. The third-order valence-electron chi connectivity index (χ3n) is 4.71. The summed E-state index contributed by atoms with van der Waals surface area (Å²) in [5.41, 5.74) is -0.823. The molecule has 0 unspecified atom stereocenters. The van der Waals surface area contributed by atoms with E-state index in [9.17, 15) is 14.4 Å². The predicted molar refractivity (Wildman–Crippen MR) is 78.6 cm³/mol. The maximum absolute atomic E-state index is 12.5. The molecule has 0 aromatic rings. The summed E-state index contributed by atoms with van der Waals surface area (Å²) >= 11 is 0. The lowest BCUT2D eigenvalue weighted by molar-refractivity contribution is -0.139. The summed E-state index contributed by atoms with van der Waals surface area (Å²) in [7, 11) is 0. The lowest BCUT2D eigenvalue weighted by Gasteiger charge is -2.25. The van der Waals surface area contributed by atoms with E-state index in [1.54, 1.807) is 4.90 Å². The second-order valence-corrected chi connectivity index (χ2v) is 5.91. The van der Waals surface area contributed by atoms with Crippen LogP contribution in [-0.4, -0.2) is 52.8 Å². The summed E-state index contributed by atoms with van der Waals surface area (Å²) in [6.45, 7) is 5.08. The fourth-order valence-electron chi connectivity index (χ4n) is 3.10. The first-order valence-corrected chi connectivity index (χ1v) is 7.96. The summed E-state index contributed by atoms with van der Waals surface area (Å²) in [4.78, 5) is 39.7. The van der Waals surface area contributed by atoms with Gasteiger partial charge < -0.3 is 10.2 Å². The summed E-state index contributed by atoms with van der Waals surface area (Å²) in [5, 5.41) is 2.75. The van der Waals surface area contributed by atoms with Crippen molar-refractivity contribution in [1.82, 2.24) is 15.1 Å². The van der Waals surface area contributed by atoms with Crippen molar-refractivity contribution >= 4 is 17.8 Å². The maximum atomic E-state index is 12.5. The number of carbonyl (C=O) groups excluding carboxylic acids is 3. The van der Waals surface area contributed by atoms with Gasteiger partial charge in [0.05, 0.1) is 0 Å². The first-order valence-electron chi connectivity index (χ1n) is 7.96. The van der Waals surface area contributed by atoms with Crippen LogP contribution >= 0.6 is 0 Å². The van der Waals surface area contributed by atoms with Crippen LogP contribution < -0.4 is 5.32 Å². The SMILES string of the molecule is CCC1(CC)NC(=O)N(CC(=O)N2CCCCCC2)C1=O. The van der Waals surface area contributed by atoms with E-state index in [4.69, 9.17) is 0 Å². The molecule has 2 rings (SSSR count). The van der Waals surface area contributed by atoms with E-state index in [1.165, 1.54) is 0 Å². The van der Waals surface area contributed by atoms with Crippen LogP contribution in [0.2, 0.25) is 0 Å². The number of urea groups is 1. The normalized spacial score (nSPS) is 22.2. The minimum atomic E-state index is -0.823. The summed E-state index contributed by atoms with van der Waals surface area (Å²) in [6.07, 6.45) is 5.37. The van der Waals surface area contributed by atoms with Gasteiger partial charge in [0.25, 0.3) is 5.91 Å². The number of nitrogens with one attached hydrogen (secondary N) is 1. The molecule has 0 aromatic carbocycles. The molecule has 4 amide bonds. The molecule has 0 bridgehead atoms. The molecule has 0 atom stereocenters. The molecule has 2 heterocycles. The molecule has 0 aromatic heterocycles. The van der Waals surface area contributed by atoms with E-state index >= 15 is 0 Å². The molecule has 0 radical (unpaired) electrons. The molecular formula is C15H25N3O3. The third kappa shape index (κ3) is 3.04. The van der Waals surface area contributed by atoms with E-state index in [2.05, 4.69) is 5.32 Å². The highest BCUT2D eigenvalue weighted by Gasteiger charge is 2.49. The number of carbonyl (C=O) groups is 3. The fraction of sp³-hybridized carbons (Fsp3) is 0.800. The van der Waals surface area contributed by atoms with Crippen LogP contribution in [0.25, 0.3) is 0 Å². The van der Waals surface area contributed by atoms with Gasteiger partial charge in [0, 0.05) is 13.1 Å². The number of hydrogen-bond acceptors (Lipinski definition) is 3. The van der Waals surface area contributed by atoms with Crippen molar-refractivity contribution in [2.75, 3.05) is 19.6 Å². The highest BCUT2D eigenvalue weighted by Crippen LogP contribution is 2.25. The van der Waals surface area contributed by atoms with Gasteiger partial charge in [-0.2, -0.15) is 0 Å². The smallest absolute Gasteiger partial charge is 0.325 e. The molecule has 0 spiro atoms. The molecule has 2 aliphatic rings. The fourth-order valence-corrected chi connectivity index (χ4v) is 3.10. The van der Waals surface area contributed by atoms with Gasteiger partial charge in [0.15, 0.2) is 0 Å². The van der Waals surface area contributed by atoms with E-state index < -0.39 is 11.6 Å². The zero-order valence-corrected chi connectivity index (χ0v) is 13.0. The molecule has 2 aliphatic heterocycles. The largest absolute Gasteiger partial charge is 0.341 e. The van der Waals surface area contributed by atoms with E-state index in [0.717, 1.165) is 43.7 Å². The molecular weight excluding hydrogens is 270 g/mol. The van der Waals surface area contributed by atoms with Crippen LogP contribution in [0.4, 0.5) is 4.79 Å². The number of imide groups is 1. The van der Waals surface area contributed by atoms with Crippen molar-refractivity contribution < 1.29 is 14.4 Å². The monoisotopic (exact) mass is 295 g/mol. The summed E-state index contributed by atoms with van der Waals surface area (Å²) in [5.74, 6) is -0.385. The van der Waals surface area contributed by atoms with Gasteiger partial charge in [0.2, 0.25) is 5.91 Å². The van der Waals surface area contributed by atoms with Crippen molar-refractivity contribution in [3.05, 3.63) is 0 Å². The topological polar surface area (TPSA) is 69.7 Å². The van der Waals surface area contributed by atoms with Crippen LogP contribution in [0.3, 0.4) is 0 Å². The zero-order chi connectivity index (χ0) is 15.5. The molecule has 21 heavy (non-hydrogen) atoms. The standard InChI is InChI=1S/C15H25N3O3/c1-3-15(4-2)13(20)18(14(21)16-15)11-12(19)17-9-7-5-6-8-10-17/h3-11H2,1-2H3,(H,16,21). The molecule has 0 aliphatic carbocycles. The Morgan fingerprint density at radius 1 is 1.10 bits per heavy atom. The Bertz CT molecular complexity index is 424. The predicted octanol–water partition coefficient (Wildman–Crippen LogP) is 1.50. The van der Waals surface area contributed by atoms with Gasteiger partial charge in [-0.1, -0.05) is 26.7 Å². The third-order valence-corrected chi connectivity index (χ3v) is 4.71. The van der Waals surface area contributed by atoms with Crippen molar-refractivity contribution in [3.8, 4) is 0 Å². The molecule has 118 valence electrons. The molecule has 2 fully saturated rings. The number of likely N-dealkylation sites (tertiary alicyclic amines) is 1. The van der Waals surface area contributed by atoms with Gasteiger partial charge in [-0.3, -0.25) is 14.5 Å². The van der Waals surface area contributed by atoms with Gasteiger partial charge in [-0.05, 0) is 25.7 Å². The Kier molecular flexibility index (Phi) is 4.85. The highest BCUT2D eigenvalue weighted by atomic mass is 16.2. The van der Waals surface area contributed by atoms with E-state index in [-0.39, 0.29) is 18.4 Å². The quantitative estimate of drug-likeness (QED) is 0.799. The van der Waals surface area contributed by atoms with Crippen molar-refractivity contribution in [1.29, 1.82) is 0 Å². The van der Waals surface area contributed by atoms with Gasteiger partial charge in [-0.15, -0.1) is 0 Å². The van der Waals surface area contributed by atoms with Gasteiger partial charge >= 0.3 is 6.03 Å². The summed E-state index contributed by atoms with van der Waals surface area (Å²) in [6, 6.07) is -0.438. The Balaban J connectivity index is 2.03. The van der Waals surface area contributed by atoms with Crippen molar-refractivity contribution in [2.45, 2.75) is 57.9 Å². The first kappa shape index (κ1) is 15.8. The lowest BCUT2D eigenvalue weighted by atomic mass is 9.93. The minimum Gasteiger partial charge on any atom is -0.341 e. The zero-order valence-electron chi connectivity index (χ0n) is 13.0. The number of rotatable bonds is 4. The molecule has 6 heteroatoms. The van der Waals surface area contributed by atoms with Crippen LogP contribution in [-0.2, 0) is 9.59 Å². The molecule has 1 N–H and O–H groups in total. The maximum Gasteiger partial charge on any atom is 0.325 e. The van der Waals surface area contributed by atoms with E-state index in [1.807, 2.05) is 13.8 Å². The van der Waals surface area contributed by atoms with Gasteiger partial charge in [0.1, 0.15) is 12.1 Å². The number of amides is 4. The van der Waals surface area contributed by atoms with Crippen LogP contribution in [0.5, 0.6) is 0 Å². The Morgan fingerprint density at radius 2 is 1.67 bits per heavy atom. The van der Waals surface area contributed by atoms with Crippen LogP contribution in [0.1, 0.15) is 52.4 Å². The highest BCUT2D eigenvalue weighted by molar-refractivity contribution is 6.08. The molecule has 6 nitrogen and oxygen atoms in total. The van der Waals surface area contributed by atoms with Crippen LogP contribution in [0.15, 0.2) is 0 Å². The number of nitrogens with zero attached hydrogens (tertiary/aromatic N) is 2. The van der Waals surface area contributed by atoms with Crippen molar-refractivity contribution in [2.24, 2.45) is 0 Å². The Morgan fingerprint density at radius 3 is 2.14 bits per heavy atom. The second-order valence-electron chi connectivity index (χ2n) is 5.91. The summed E-state index contributed by atoms with van der Waals surface area (Å²) < 4.78 is 0. The second kappa shape index (κ2) is 6.45. The first-order chi connectivity index (χ1) is 10.0. The van der Waals surface area contributed by atoms with Gasteiger partial charge in [-0.25, -0.2) is 4.79 Å². The lowest BCUT2D eigenvalue weighted by Crippen LogP contribution is -2.47. The molecule has 2 saturated heterocycles. The molecule has 0 saturated carbocycles. The van der Waals surface area contributed by atoms with Crippen LogP contribution in [0, 0.1) is 0 Å². The van der Waals surface area contributed by atoms with E-state index in [0.29, 0.717) is 12.8 Å². The average Bonchev–Trinajstić information content (AvgIpc) is 2.71. The number of hydrogen-bond donors (Lipinski definition) is 1. The Labute approximate surface area is 125 Å². The minimum absolute atomic E-state index is 0.122. The average molecular weight is 295 g/mol. The van der Waals surface area contributed by atoms with Crippen molar-refractivity contribution in [3.63, 3.8) is 0 Å².